The molecule has 0 aliphatic carbocycles. The lowest BCUT2D eigenvalue weighted by Crippen LogP contribution is -2.30. The van der Waals surface area contributed by atoms with E-state index >= 15 is 0 Å². The zero-order valence-corrected chi connectivity index (χ0v) is 46.8. The molecule has 0 radical (unpaired) electrons. The van der Waals surface area contributed by atoms with Gasteiger partial charge in [-0.25, -0.2) is 4.57 Å². The van der Waals surface area contributed by atoms with Gasteiger partial charge >= 0.3 is 25.7 Å². The fourth-order valence-corrected chi connectivity index (χ4v) is 8.51. The number of allylic oxidation sites excluding steroid dienone is 12. The number of phosphoric ester groups is 1. The van der Waals surface area contributed by atoms with Crippen LogP contribution in [-0.2, 0) is 42.2 Å². The monoisotopic (exact) mass is 1030 g/mol. The van der Waals surface area contributed by atoms with Crippen LogP contribution in [-0.4, -0.2) is 66.5 Å². The van der Waals surface area contributed by atoms with Gasteiger partial charge in [-0.15, -0.1) is 0 Å². The summed E-state index contributed by atoms with van der Waals surface area (Å²) in [7, 11) is -4.75. The van der Waals surface area contributed by atoms with Crippen molar-refractivity contribution in [3.63, 3.8) is 0 Å². The average Bonchev–Trinajstić information content (AvgIpc) is 3.37. The second-order valence-corrected chi connectivity index (χ2v) is 20.5. The standard InChI is InChI=1S/C60H105O11P/c1-4-7-10-13-16-19-21-23-25-27-28-30-32-34-36-39-42-45-48-51-60(64)71-57(53-67-58(62)49-46-43-40-37-18-15-12-9-6-3)55-69-72(65,66)68-54-56(52-61)70-59(63)50-47-44-41-38-35-33-31-29-26-24-22-20-17-14-11-8-5-2/h8,11,16-17,19-20,23-26,28,30,56-57,61H,4-7,9-10,12-15,18,21-22,27,29,31-55H2,1-3H3,(H,65,66)/b11-8-,19-16-,20-17-,25-23-,26-24-,30-28-. The van der Waals surface area contributed by atoms with Gasteiger partial charge in [-0.1, -0.05) is 216 Å². The molecule has 0 fully saturated rings. The Balaban J connectivity index is 4.65. The van der Waals surface area contributed by atoms with Crippen molar-refractivity contribution in [2.45, 2.75) is 264 Å². The SMILES string of the molecule is CC/C=C\C/C=C\C/C=C\CCCCCCCCCC(=O)OC(CO)COP(=O)(O)OCC(COC(=O)CCCCCCCCCCC)OC(=O)CCCCCCCC/C=C\C/C=C\C/C=C\CCCCC. The fourth-order valence-electron chi connectivity index (χ4n) is 7.73. The van der Waals surface area contributed by atoms with E-state index in [4.69, 9.17) is 23.3 Å². The highest BCUT2D eigenvalue weighted by atomic mass is 31.2. The van der Waals surface area contributed by atoms with Crippen LogP contribution in [0, 0.1) is 0 Å². The van der Waals surface area contributed by atoms with Crippen molar-refractivity contribution in [3.05, 3.63) is 72.9 Å². The number of carbonyl (C=O) groups excluding carboxylic acids is 3. The van der Waals surface area contributed by atoms with Crippen LogP contribution in [0.2, 0.25) is 0 Å². The Hall–Kier alpha value is -3.08. The van der Waals surface area contributed by atoms with Crippen molar-refractivity contribution in [2.24, 2.45) is 0 Å². The van der Waals surface area contributed by atoms with Crippen molar-refractivity contribution < 1.29 is 52.2 Å². The zero-order valence-electron chi connectivity index (χ0n) is 45.9. The summed E-state index contributed by atoms with van der Waals surface area (Å²) in [5, 5.41) is 9.81. The number of unbranched alkanes of at least 4 members (excludes halogenated alkanes) is 24. The molecule has 0 aliphatic heterocycles. The Morgan fingerprint density at radius 3 is 1.14 bits per heavy atom. The number of carbonyl (C=O) groups is 3. The van der Waals surface area contributed by atoms with Gasteiger partial charge in [0.25, 0.3) is 0 Å². The van der Waals surface area contributed by atoms with E-state index in [-0.39, 0.29) is 25.9 Å². The first-order valence-corrected chi connectivity index (χ1v) is 30.3. The average molecular weight is 1030 g/mol. The van der Waals surface area contributed by atoms with Gasteiger partial charge in [-0.2, -0.15) is 0 Å². The molecule has 2 N–H and O–H groups in total. The van der Waals surface area contributed by atoms with E-state index in [0.29, 0.717) is 19.3 Å². The van der Waals surface area contributed by atoms with Crippen LogP contribution in [0.15, 0.2) is 72.9 Å². The van der Waals surface area contributed by atoms with Crippen molar-refractivity contribution in [2.75, 3.05) is 26.4 Å². The van der Waals surface area contributed by atoms with Crippen LogP contribution in [0.3, 0.4) is 0 Å². The molecule has 0 amide bonds. The van der Waals surface area contributed by atoms with Gasteiger partial charge < -0.3 is 24.2 Å². The van der Waals surface area contributed by atoms with Crippen LogP contribution < -0.4 is 0 Å². The second-order valence-electron chi connectivity index (χ2n) is 19.1. The summed E-state index contributed by atoms with van der Waals surface area (Å²) in [5.41, 5.74) is 0. The molecule has 12 heteroatoms. The van der Waals surface area contributed by atoms with Crippen molar-refractivity contribution in [1.82, 2.24) is 0 Å². The summed E-state index contributed by atoms with van der Waals surface area (Å²) < 4.78 is 39.4. The third kappa shape index (κ3) is 51.8. The lowest BCUT2D eigenvalue weighted by Gasteiger charge is -2.21. The van der Waals surface area contributed by atoms with Crippen LogP contribution in [0.4, 0.5) is 0 Å². The molecule has 72 heavy (non-hydrogen) atoms. The van der Waals surface area contributed by atoms with E-state index < -0.39 is 57.8 Å². The van der Waals surface area contributed by atoms with Gasteiger partial charge in [0.2, 0.25) is 0 Å². The summed E-state index contributed by atoms with van der Waals surface area (Å²) in [6.45, 7) is 4.47. The second kappa shape index (κ2) is 54.2. The van der Waals surface area contributed by atoms with Crippen LogP contribution >= 0.6 is 7.82 Å². The number of aliphatic hydroxyl groups excluding tert-OH is 1. The zero-order chi connectivity index (χ0) is 52.7. The minimum atomic E-state index is -4.75. The van der Waals surface area contributed by atoms with Crippen LogP contribution in [0.1, 0.15) is 252 Å². The molecule has 0 aromatic rings. The number of aliphatic hydroxyl groups is 1. The Labute approximate surface area is 439 Å². The smallest absolute Gasteiger partial charge is 0.462 e. The summed E-state index contributed by atoms with van der Waals surface area (Å²) in [6.07, 6.45) is 60.1. The number of esters is 3. The van der Waals surface area contributed by atoms with Gasteiger partial charge in [-0.3, -0.25) is 23.4 Å². The number of phosphoric acid groups is 1. The Morgan fingerprint density at radius 1 is 0.403 bits per heavy atom. The first-order valence-electron chi connectivity index (χ1n) is 28.8. The van der Waals surface area contributed by atoms with Gasteiger partial charge in [-0.05, 0) is 89.9 Å². The summed E-state index contributed by atoms with van der Waals surface area (Å²) in [4.78, 5) is 48.4. The predicted octanol–water partition coefficient (Wildman–Crippen LogP) is 16.9. The lowest BCUT2D eigenvalue weighted by atomic mass is 10.1. The maximum Gasteiger partial charge on any atom is 0.472 e. The third-order valence-electron chi connectivity index (χ3n) is 12.1. The van der Waals surface area contributed by atoms with Crippen LogP contribution in [0.25, 0.3) is 0 Å². The fraction of sp³-hybridized carbons (Fsp3) is 0.750. The molecule has 0 aliphatic rings. The summed E-state index contributed by atoms with van der Waals surface area (Å²) in [5.74, 6) is -1.49. The quantitative estimate of drug-likeness (QED) is 0.0197. The van der Waals surface area contributed by atoms with E-state index in [0.717, 1.165) is 122 Å². The molecule has 0 heterocycles. The summed E-state index contributed by atoms with van der Waals surface area (Å²) in [6, 6.07) is 0. The highest BCUT2D eigenvalue weighted by Gasteiger charge is 2.28. The molecule has 416 valence electrons. The first-order chi connectivity index (χ1) is 35.2. The Bertz CT molecular complexity index is 1490. The number of hydrogen-bond acceptors (Lipinski definition) is 10. The lowest BCUT2D eigenvalue weighted by molar-refractivity contribution is -0.161. The molecule has 0 spiro atoms. The van der Waals surface area contributed by atoms with Crippen molar-refractivity contribution in [3.8, 4) is 0 Å². The third-order valence-corrected chi connectivity index (χ3v) is 13.1. The molecule has 3 atom stereocenters. The molecular weight excluding hydrogens is 928 g/mol. The summed E-state index contributed by atoms with van der Waals surface area (Å²) >= 11 is 0. The van der Waals surface area contributed by atoms with E-state index in [1.54, 1.807) is 0 Å². The van der Waals surface area contributed by atoms with Crippen LogP contribution in [0.5, 0.6) is 0 Å². The minimum Gasteiger partial charge on any atom is -0.462 e. The number of ether oxygens (including phenoxy) is 3. The van der Waals surface area contributed by atoms with E-state index in [1.807, 2.05) is 0 Å². The minimum absolute atomic E-state index is 0.152. The van der Waals surface area contributed by atoms with Crippen molar-refractivity contribution >= 4 is 25.7 Å². The van der Waals surface area contributed by atoms with E-state index in [9.17, 15) is 28.9 Å². The number of hydrogen-bond donors (Lipinski definition) is 2. The van der Waals surface area contributed by atoms with Gasteiger partial charge in [0.15, 0.2) is 6.10 Å². The molecule has 0 bridgehead atoms. The molecule has 3 unspecified atom stereocenters. The van der Waals surface area contributed by atoms with Gasteiger partial charge in [0.1, 0.15) is 12.7 Å². The highest BCUT2D eigenvalue weighted by Crippen LogP contribution is 2.43. The van der Waals surface area contributed by atoms with Gasteiger partial charge in [0, 0.05) is 19.3 Å². The van der Waals surface area contributed by atoms with E-state index in [2.05, 4.69) is 93.7 Å². The molecular formula is C60H105O11P. The Kier molecular flexibility index (Phi) is 51.9. The largest absolute Gasteiger partial charge is 0.472 e. The highest BCUT2D eigenvalue weighted by molar-refractivity contribution is 7.47. The molecule has 0 aromatic carbocycles. The Morgan fingerprint density at radius 2 is 0.722 bits per heavy atom. The van der Waals surface area contributed by atoms with Crippen molar-refractivity contribution in [1.29, 1.82) is 0 Å². The van der Waals surface area contributed by atoms with Gasteiger partial charge in [0.05, 0.1) is 19.8 Å². The molecule has 0 rings (SSSR count). The molecule has 0 saturated heterocycles. The molecule has 0 aromatic heterocycles. The maximum absolute atomic E-state index is 12.9. The topological polar surface area (TPSA) is 155 Å². The van der Waals surface area contributed by atoms with E-state index in [1.165, 1.54) is 70.6 Å². The number of rotatable bonds is 53. The maximum atomic E-state index is 12.9. The normalized spacial score (nSPS) is 13.9. The molecule has 0 saturated carbocycles. The molecule has 11 nitrogen and oxygen atoms in total. The first kappa shape index (κ1) is 68.9. The predicted molar refractivity (Wildman–Crippen MR) is 298 cm³/mol.